The number of carbonyl (C=O) groups is 1. The van der Waals surface area contributed by atoms with Crippen LogP contribution in [0.15, 0.2) is 12.1 Å². The molecule has 1 amide bonds. The second-order valence-corrected chi connectivity index (χ2v) is 5.97. The molecule has 0 spiro atoms. The number of amides is 1. The van der Waals surface area contributed by atoms with E-state index in [-0.39, 0.29) is 33.8 Å². The first-order valence-corrected chi connectivity index (χ1v) is 7.72. The van der Waals surface area contributed by atoms with Gasteiger partial charge < -0.3 is 10.2 Å². The molecule has 0 aliphatic carbocycles. The minimum atomic E-state index is -0.563. The monoisotopic (exact) mass is 407 g/mol. The lowest BCUT2D eigenvalue weighted by atomic mass is 10.2. The SMILES string of the molecule is O=C(CCNc1cc(F)c(I)cc1[N+](=O)[O-])N1CCCC1. The van der Waals surface area contributed by atoms with Gasteiger partial charge in [0.2, 0.25) is 5.91 Å². The summed E-state index contributed by atoms with van der Waals surface area (Å²) in [7, 11) is 0. The number of hydrogen-bond acceptors (Lipinski definition) is 4. The third-order valence-corrected chi connectivity index (χ3v) is 4.18. The Labute approximate surface area is 135 Å². The van der Waals surface area contributed by atoms with Gasteiger partial charge in [0.15, 0.2) is 0 Å². The first-order chi connectivity index (χ1) is 9.99. The van der Waals surface area contributed by atoms with Gasteiger partial charge >= 0.3 is 0 Å². The van der Waals surface area contributed by atoms with E-state index in [4.69, 9.17) is 0 Å². The van der Waals surface area contributed by atoms with Crippen molar-refractivity contribution >= 4 is 39.9 Å². The van der Waals surface area contributed by atoms with E-state index in [1.807, 2.05) is 0 Å². The second kappa shape index (κ2) is 7.01. The van der Waals surface area contributed by atoms with Crippen LogP contribution in [0.5, 0.6) is 0 Å². The number of hydrogen-bond donors (Lipinski definition) is 1. The van der Waals surface area contributed by atoms with Crippen LogP contribution in [0.3, 0.4) is 0 Å². The van der Waals surface area contributed by atoms with Crippen molar-refractivity contribution < 1.29 is 14.1 Å². The van der Waals surface area contributed by atoms with Crippen LogP contribution in [0.1, 0.15) is 19.3 Å². The van der Waals surface area contributed by atoms with Crippen LogP contribution < -0.4 is 5.32 Å². The Morgan fingerprint density at radius 1 is 1.43 bits per heavy atom. The molecule has 1 N–H and O–H groups in total. The Hall–Kier alpha value is -1.45. The second-order valence-electron chi connectivity index (χ2n) is 4.81. The fourth-order valence-corrected chi connectivity index (χ4v) is 2.71. The van der Waals surface area contributed by atoms with Crippen LogP contribution in [0.25, 0.3) is 0 Å². The Bertz CT molecular complexity index is 562. The number of nitro benzene ring substituents is 1. The fourth-order valence-electron chi connectivity index (χ4n) is 2.26. The predicted octanol–water partition coefficient (Wildman–Crippen LogP) is 2.76. The molecule has 0 unspecified atom stereocenters. The van der Waals surface area contributed by atoms with Gasteiger partial charge in [0.1, 0.15) is 11.5 Å². The molecule has 6 nitrogen and oxygen atoms in total. The van der Waals surface area contributed by atoms with Crippen LogP contribution in [0, 0.1) is 19.5 Å². The van der Waals surface area contributed by atoms with Crippen molar-refractivity contribution in [3.8, 4) is 0 Å². The summed E-state index contributed by atoms with van der Waals surface area (Å²) in [5.41, 5.74) is -0.0819. The van der Waals surface area contributed by atoms with Crippen molar-refractivity contribution in [2.75, 3.05) is 25.0 Å². The summed E-state index contributed by atoms with van der Waals surface area (Å²) in [6, 6.07) is 2.28. The van der Waals surface area contributed by atoms with Crippen LogP contribution in [0.4, 0.5) is 15.8 Å². The number of carbonyl (C=O) groups excluding carboxylic acids is 1. The molecule has 1 aliphatic heterocycles. The standard InChI is InChI=1S/C13H15FIN3O3/c14-9-7-11(12(18(20)21)8-10(9)15)16-4-3-13(19)17-5-1-2-6-17/h7-8,16H,1-6H2. The van der Waals surface area contributed by atoms with E-state index in [2.05, 4.69) is 5.32 Å². The minimum Gasteiger partial charge on any atom is -0.379 e. The van der Waals surface area contributed by atoms with Crippen LogP contribution in [-0.4, -0.2) is 35.4 Å². The number of rotatable bonds is 5. The number of nitrogens with one attached hydrogen (secondary N) is 1. The fraction of sp³-hybridized carbons (Fsp3) is 0.462. The summed E-state index contributed by atoms with van der Waals surface area (Å²) in [5, 5.41) is 13.7. The van der Waals surface area contributed by atoms with Crippen molar-refractivity contribution in [2.45, 2.75) is 19.3 Å². The molecule has 8 heteroatoms. The lowest BCUT2D eigenvalue weighted by molar-refractivity contribution is -0.384. The highest BCUT2D eigenvalue weighted by Gasteiger charge is 2.19. The first-order valence-electron chi connectivity index (χ1n) is 6.64. The van der Waals surface area contributed by atoms with Crippen molar-refractivity contribution in [3.63, 3.8) is 0 Å². The topological polar surface area (TPSA) is 75.5 Å². The third-order valence-electron chi connectivity index (χ3n) is 3.35. The van der Waals surface area contributed by atoms with E-state index in [0.29, 0.717) is 0 Å². The van der Waals surface area contributed by atoms with Gasteiger partial charge in [-0.3, -0.25) is 14.9 Å². The highest BCUT2D eigenvalue weighted by Crippen LogP contribution is 2.28. The summed E-state index contributed by atoms with van der Waals surface area (Å²) in [5.74, 6) is -0.497. The van der Waals surface area contributed by atoms with Crippen molar-refractivity contribution in [2.24, 2.45) is 0 Å². The molecule has 1 fully saturated rings. The molecular formula is C13H15FIN3O3. The largest absolute Gasteiger partial charge is 0.379 e. The van der Waals surface area contributed by atoms with E-state index in [0.717, 1.165) is 32.0 Å². The van der Waals surface area contributed by atoms with Gasteiger partial charge in [-0.15, -0.1) is 0 Å². The molecule has 0 radical (unpaired) electrons. The zero-order valence-corrected chi connectivity index (χ0v) is 13.4. The van der Waals surface area contributed by atoms with Crippen molar-refractivity contribution in [3.05, 3.63) is 31.6 Å². The van der Waals surface area contributed by atoms with Crippen LogP contribution >= 0.6 is 22.6 Å². The highest BCUT2D eigenvalue weighted by molar-refractivity contribution is 14.1. The molecule has 0 saturated carbocycles. The van der Waals surface area contributed by atoms with Gasteiger partial charge in [0.05, 0.1) is 8.49 Å². The van der Waals surface area contributed by atoms with E-state index in [9.17, 15) is 19.3 Å². The Morgan fingerprint density at radius 3 is 2.71 bits per heavy atom. The Balaban J connectivity index is 1.97. The molecule has 2 rings (SSSR count). The van der Waals surface area contributed by atoms with Crippen molar-refractivity contribution in [1.82, 2.24) is 4.90 Å². The summed E-state index contributed by atoms with van der Waals surface area (Å²) in [6.45, 7) is 1.80. The molecule has 1 saturated heterocycles. The van der Waals surface area contributed by atoms with Crippen LogP contribution in [0.2, 0.25) is 0 Å². The number of halogens is 2. The Kier molecular flexibility index (Phi) is 5.32. The molecule has 114 valence electrons. The predicted molar refractivity (Wildman–Crippen MR) is 84.7 cm³/mol. The molecule has 0 atom stereocenters. The van der Waals surface area contributed by atoms with Gasteiger partial charge in [-0.1, -0.05) is 0 Å². The molecule has 1 aromatic rings. The summed E-state index contributed by atoms with van der Waals surface area (Å²) >= 11 is 1.71. The molecule has 1 aromatic carbocycles. The number of nitro groups is 1. The number of anilines is 1. The number of nitrogens with zero attached hydrogens (tertiary/aromatic N) is 2. The molecule has 0 bridgehead atoms. The zero-order valence-electron chi connectivity index (χ0n) is 11.3. The van der Waals surface area contributed by atoms with Gasteiger partial charge in [-0.05, 0) is 35.4 Å². The van der Waals surface area contributed by atoms with Crippen molar-refractivity contribution in [1.29, 1.82) is 0 Å². The highest BCUT2D eigenvalue weighted by atomic mass is 127. The van der Waals surface area contributed by atoms with Gasteiger partial charge in [-0.25, -0.2) is 4.39 Å². The summed E-state index contributed by atoms with van der Waals surface area (Å²) in [6.07, 6.45) is 2.28. The van der Waals surface area contributed by atoms with E-state index < -0.39 is 10.7 Å². The smallest absolute Gasteiger partial charge is 0.293 e. The normalized spacial score (nSPS) is 14.3. The van der Waals surface area contributed by atoms with E-state index >= 15 is 0 Å². The molecule has 21 heavy (non-hydrogen) atoms. The van der Waals surface area contributed by atoms with Crippen LogP contribution in [-0.2, 0) is 4.79 Å². The first kappa shape index (κ1) is 15.9. The maximum Gasteiger partial charge on any atom is 0.293 e. The number of likely N-dealkylation sites (tertiary alicyclic amines) is 1. The number of benzene rings is 1. The maximum atomic E-state index is 13.5. The molecule has 0 aromatic heterocycles. The minimum absolute atomic E-state index is 0.0219. The molecule has 1 heterocycles. The zero-order chi connectivity index (χ0) is 15.4. The Morgan fingerprint density at radius 2 is 2.10 bits per heavy atom. The van der Waals surface area contributed by atoms with Gasteiger partial charge in [0.25, 0.3) is 5.69 Å². The maximum absolute atomic E-state index is 13.5. The summed E-state index contributed by atoms with van der Waals surface area (Å²) in [4.78, 5) is 24.0. The third kappa shape index (κ3) is 4.02. The van der Waals surface area contributed by atoms with Gasteiger partial charge in [0, 0.05) is 38.2 Å². The average molecular weight is 407 g/mol. The van der Waals surface area contributed by atoms with E-state index in [1.54, 1.807) is 27.5 Å². The molecule has 1 aliphatic rings. The van der Waals surface area contributed by atoms with E-state index in [1.165, 1.54) is 6.07 Å². The molecular weight excluding hydrogens is 392 g/mol. The lowest BCUT2D eigenvalue weighted by Gasteiger charge is -2.15. The quantitative estimate of drug-likeness (QED) is 0.463. The summed E-state index contributed by atoms with van der Waals surface area (Å²) < 4.78 is 13.7. The van der Waals surface area contributed by atoms with Gasteiger partial charge in [-0.2, -0.15) is 0 Å². The average Bonchev–Trinajstić information content (AvgIpc) is 2.96. The lowest BCUT2D eigenvalue weighted by Crippen LogP contribution is -2.29.